The molecule has 0 fully saturated rings. The van der Waals surface area contributed by atoms with Crippen LogP contribution >= 0.6 is 0 Å². The maximum Gasteiger partial charge on any atom is 0.419 e. The van der Waals surface area contributed by atoms with Crippen LogP contribution in [0.2, 0.25) is 0 Å². The van der Waals surface area contributed by atoms with Gasteiger partial charge in [0.05, 0.1) is 15.4 Å². The van der Waals surface area contributed by atoms with Crippen molar-refractivity contribution in [3.8, 4) is 0 Å². The lowest BCUT2D eigenvalue weighted by Gasteiger charge is -2.25. The van der Waals surface area contributed by atoms with Crippen LogP contribution < -0.4 is 10.6 Å². The average Bonchev–Trinajstić information content (AvgIpc) is 2.58. The topological polar surface area (TPSA) is 116 Å². The third-order valence-corrected chi connectivity index (χ3v) is 4.37. The number of nitrogen functional groups attached to an aromatic ring is 1. The molecule has 0 saturated heterocycles. The van der Waals surface area contributed by atoms with Crippen molar-refractivity contribution in [3.05, 3.63) is 67.0 Å². The number of hydrogen-bond donors (Lipinski definition) is 1. The fourth-order valence-corrected chi connectivity index (χ4v) is 3.11. The first-order chi connectivity index (χ1) is 13.4. The first-order valence-electron chi connectivity index (χ1n) is 8.22. The molecule has 8 nitrogen and oxygen atoms in total. The van der Waals surface area contributed by atoms with Crippen molar-refractivity contribution in [3.63, 3.8) is 0 Å². The summed E-state index contributed by atoms with van der Waals surface area (Å²) in [5, 5.41) is 23.2. The van der Waals surface area contributed by atoms with Crippen LogP contribution in [0.3, 0.4) is 0 Å². The molecule has 0 amide bonds. The summed E-state index contributed by atoms with van der Waals surface area (Å²) in [7, 11) is 0. The second-order valence-electron chi connectivity index (χ2n) is 6.08. The second kappa shape index (κ2) is 7.89. The molecule has 0 radical (unpaired) electrons. The van der Waals surface area contributed by atoms with E-state index in [-0.39, 0.29) is 18.7 Å². The van der Waals surface area contributed by atoms with E-state index in [1.807, 2.05) is 0 Å². The van der Waals surface area contributed by atoms with Crippen molar-refractivity contribution in [2.75, 3.05) is 17.2 Å². The Labute approximate surface area is 161 Å². The lowest BCUT2D eigenvalue weighted by atomic mass is 9.99. The Morgan fingerprint density at radius 1 is 1.10 bits per heavy atom. The predicted molar refractivity (Wildman–Crippen MR) is 97.0 cm³/mol. The summed E-state index contributed by atoms with van der Waals surface area (Å²) in [6.07, 6.45) is -5.15. The molecule has 0 aliphatic carbocycles. The summed E-state index contributed by atoms with van der Waals surface area (Å²) in [6.45, 7) is 1.84. The fourth-order valence-electron chi connectivity index (χ4n) is 3.11. The van der Waals surface area contributed by atoms with Gasteiger partial charge in [-0.05, 0) is 19.9 Å². The number of rotatable bonds is 6. The van der Waals surface area contributed by atoms with Crippen LogP contribution in [0.25, 0.3) is 0 Å². The van der Waals surface area contributed by atoms with Gasteiger partial charge in [0.2, 0.25) is 0 Å². The van der Waals surface area contributed by atoms with Gasteiger partial charge in [0.1, 0.15) is 11.5 Å². The minimum Gasteiger partial charge on any atom is -0.393 e. The van der Waals surface area contributed by atoms with Gasteiger partial charge in [-0.25, -0.2) is 4.39 Å². The van der Waals surface area contributed by atoms with Crippen LogP contribution in [0.15, 0.2) is 24.3 Å². The van der Waals surface area contributed by atoms with Crippen LogP contribution in [0.5, 0.6) is 0 Å². The number of anilines is 2. The molecule has 0 heterocycles. The molecule has 2 aromatic carbocycles. The zero-order valence-corrected chi connectivity index (χ0v) is 15.3. The Balaban J connectivity index is 2.89. The quantitative estimate of drug-likeness (QED) is 0.319. The van der Waals surface area contributed by atoms with Gasteiger partial charge in [-0.15, -0.1) is 0 Å². The highest BCUT2D eigenvalue weighted by atomic mass is 19.4. The molecule has 12 heteroatoms. The van der Waals surface area contributed by atoms with Gasteiger partial charge in [0.15, 0.2) is 5.69 Å². The standard InChI is InChI=1S/C17H16F4N4O4/c1-3-23(8-10-6-4-5-7-11(10)18)16-14(24(26)27)9(2)12(17(19,20)21)13(22)15(16)25(28)29/h4-7H,3,8,22H2,1-2H3. The van der Waals surface area contributed by atoms with E-state index in [1.165, 1.54) is 25.1 Å². The first kappa shape index (κ1) is 21.9. The molecule has 2 rings (SSSR count). The van der Waals surface area contributed by atoms with Crippen LogP contribution in [0.1, 0.15) is 23.6 Å². The number of nitro groups is 2. The van der Waals surface area contributed by atoms with Crippen molar-refractivity contribution in [1.29, 1.82) is 0 Å². The maximum absolute atomic E-state index is 14.0. The molecule has 2 aromatic rings. The summed E-state index contributed by atoms with van der Waals surface area (Å²) >= 11 is 0. The van der Waals surface area contributed by atoms with Gasteiger partial charge in [-0.2, -0.15) is 13.2 Å². The lowest BCUT2D eigenvalue weighted by molar-refractivity contribution is -0.392. The Morgan fingerprint density at radius 2 is 1.66 bits per heavy atom. The minimum atomic E-state index is -5.15. The molecule has 0 aromatic heterocycles. The number of hydrogen-bond acceptors (Lipinski definition) is 6. The highest BCUT2D eigenvalue weighted by molar-refractivity contribution is 5.88. The summed E-state index contributed by atoms with van der Waals surface area (Å²) in [4.78, 5) is 21.9. The Kier molecular flexibility index (Phi) is 5.95. The molecule has 0 aliphatic rings. The van der Waals surface area contributed by atoms with Crippen LogP contribution in [-0.4, -0.2) is 16.4 Å². The smallest absolute Gasteiger partial charge is 0.393 e. The highest BCUT2D eigenvalue weighted by Crippen LogP contribution is 2.51. The molecule has 2 N–H and O–H groups in total. The second-order valence-corrected chi connectivity index (χ2v) is 6.08. The highest BCUT2D eigenvalue weighted by Gasteiger charge is 2.45. The molecule has 156 valence electrons. The summed E-state index contributed by atoms with van der Waals surface area (Å²) in [6, 6.07) is 5.37. The Morgan fingerprint density at radius 3 is 2.10 bits per heavy atom. The summed E-state index contributed by atoms with van der Waals surface area (Å²) < 4.78 is 54.3. The van der Waals surface area contributed by atoms with Crippen molar-refractivity contribution in [2.24, 2.45) is 0 Å². The molecular formula is C17H16F4N4O4. The van der Waals surface area contributed by atoms with Gasteiger partial charge >= 0.3 is 17.6 Å². The average molecular weight is 416 g/mol. The summed E-state index contributed by atoms with van der Waals surface area (Å²) in [5.41, 5.74) is -1.24. The molecule has 29 heavy (non-hydrogen) atoms. The number of benzene rings is 2. The van der Waals surface area contributed by atoms with E-state index in [4.69, 9.17) is 5.73 Å². The van der Waals surface area contributed by atoms with E-state index >= 15 is 0 Å². The van der Waals surface area contributed by atoms with Crippen molar-refractivity contribution in [1.82, 2.24) is 0 Å². The van der Waals surface area contributed by atoms with E-state index in [0.29, 0.717) is 0 Å². The van der Waals surface area contributed by atoms with Gasteiger partial charge in [-0.1, -0.05) is 18.2 Å². The molecule has 0 unspecified atom stereocenters. The Hall–Kier alpha value is -3.44. The third-order valence-electron chi connectivity index (χ3n) is 4.37. The van der Waals surface area contributed by atoms with E-state index in [1.54, 1.807) is 0 Å². The van der Waals surface area contributed by atoms with Crippen LogP contribution in [-0.2, 0) is 12.7 Å². The number of halogens is 4. The lowest BCUT2D eigenvalue weighted by Crippen LogP contribution is -2.26. The Bertz CT molecular complexity index is 938. The molecule has 0 atom stereocenters. The monoisotopic (exact) mass is 416 g/mol. The van der Waals surface area contributed by atoms with Crippen LogP contribution in [0.4, 0.5) is 40.3 Å². The molecule has 0 spiro atoms. The molecular weight excluding hydrogens is 400 g/mol. The van der Waals surface area contributed by atoms with E-state index in [0.717, 1.165) is 17.9 Å². The SMILES string of the molecule is CCN(Cc1ccccc1F)c1c([N+](=O)[O-])c(C)c(C(F)(F)F)c(N)c1[N+](=O)[O-]. The van der Waals surface area contributed by atoms with Crippen LogP contribution in [0, 0.1) is 33.0 Å². The van der Waals surface area contributed by atoms with Gasteiger partial charge in [-0.3, -0.25) is 20.2 Å². The molecule has 0 aliphatic heterocycles. The fraction of sp³-hybridized carbons (Fsp3) is 0.294. The number of alkyl halides is 3. The minimum absolute atomic E-state index is 0.0501. The van der Waals surface area contributed by atoms with Gasteiger partial charge in [0.25, 0.3) is 0 Å². The van der Waals surface area contributed by atoms with E-state index in [9.17, 15) is 37.8 Å². The van der Waals surface area contributed by atoms with Gasteiger partial charge in [0, 0.05) is 24.2 Å². The maximum atomic E-state index is 14.0. The van der Waals surface area contributed by atoms with Crippen molar-refractivity contribution < 1.29 is 27.4 Å². The zero-order valence-electron chi connectivity index (χ0n) is 15.3. The van der Waals surface area contributed by atoms with E-state index in [2.05, 4.69) is 0 Å². The van der Waals surface area contributed by atoms with Gasteiger partial charge < -0.3 is 10.6 Å². The third kappa shape index (κ3) is 4.05. The normalized spacial score (nSPS) is 11.4. The zero-order chi connectivity index (χ0) is 22.1. The number of nitrogens with zero attached hydrogens (tertiary/aromatic N) is 3. The number of nitrogens with two attached hydrogens (primary N) is 1. The van der Waals surface area contributed by atoms with Crippen molar-refractivity contribution >= 4 is 22.7 Å². The van der Waals surface area contributed by atoms with E-state index < -0.39 is 55.7 Å². The van der Waals surface area contributed by atoms with Crippen molar-refractivity contribution in [2.45, 2.75) is 26.6 Å². The predicted octanol–water partition coefficient (Wildman–Crippen LogP) is 4.58. The summed E-state index contributed by atoms with van der Waals surface area (Å²) in [5.74, 6) is -0.673. The largest absolute Gasteiger partial charge is 0.419 e. The first-order valence-corrected chi connectivity index (χ1v) is 8.22. The molecule has 0 bridgehead atoms. The molecule has 0 saturated carbocycles. The number of nitro benzene ring substituents is 2.